The third kappa shape index (κ3) is 3.47. The summed E-state index contributed by atoms with van der Waals surface area (Å²) in [5, 5.41) is 0.696. The number of benzene rings is 1. The van der Waals surface area contributed by atoms with Gasteiger partial charge in [0.2, 0.25) is 0 Å². The highest BCUT2D eigenvalue weighted by Crippen LogP contribution is 2.18. The van der Waals surface area contributed by atoms with Crippen LogP contribution >= 0.6 is 23.4 Å². The number of halogens is 1. The lowest BCUT2D eigenvalue weighted by atomic mass is 10.0. The van der Waals surface area contributed by atoms with Crippen LogP contribution in [-0.4, -0.2) is 41.8 Å². The Labute approximate surface area is 111 Å². The van der Waals surface area contributed by atoms with Gasteiger partial charge in [0.05, 0.1) is 6.04 Å². The van der Waals surface area contributed by atoms with Gasteiger partial charge in [-0.1, -0.05) is 23.7 Å². The van der Waals surface area contributed by atoms with E-state index < -0.39 is 0 Å². The smallest absolute Gasteiger partial charge is 0.155 e. The molecule has 0 aliphatic carbocycles. The number of rotatable bonds is 3. The topological polar surface area (TPSA) is 20.3 Å². The SMILES string of the molecule is CN1CCSCC1C(=O)Cc1cccc(Cl)c1. The van der Waals surface area contributed by atoms with E-state index in [1.165, 1.54) is 0 Å². The maximum atomic E-state index is 12.2. The number of carbonyl (C=O) groups excluding carboxylic acids is 1. The highest BCUT2D eigenvalue weighted by molar-refractivity contribution is 7.99. The van der Waals surface area contributed by atoms with Crippen molar-refractivity contribution in [1.29, 1.82) is 0 Å². The van der Waals surface area contributed by atoms with Gasteiger partial charge >= 0.3 is 0 Å². The first-order valence-corrected chi connectivity index (χ1v) is 7.25. The zero-order valence-electron chi connectivity index (χ0n) is 9.86. The summed E-state index contributed by atoms with van der Waals surface area (Å²) in [6.07, 6.45) is 0.482. The van der Waals surface area contributed by atoms with Crippen molar-refractivity contribution in [2.45, 2.75) is 12.5 Å². The first kappa shape index (κ1) is 12.9. The number of hydrogen-bond donors (Lipinski definition) is 0. The predicted molar refractivity (Wildman–Crippen MR) is 73.9 cm³/mol. The van der Waals surface area contributed by atoms with Crippen LogP contribution in [0.3, 0.4) is 0 Å². The number of nitrogens with zero attached hydrogens (tertiary/aromatic N) is 1. The molecule has 1 aromatic carbocycles. The van der Waals surface area contributed by atoms with Gasteiger partial charge in [-0.25, -0.2) is 0 Å². The minimum absolute atomic E-state index is 0.0627. The summed E-state index contributed by atoms with van der Waals surface area (Å²) in [4.78, 5) is 14.3. The number of thioether (sulfide) groups is 1. The molecule has 1 unspecified atom stereocenters. The molecule has 2 nitrogen and oxygen atoms in total. The van der Waals surface area contributed by atoms with E-state index in [2.05, 4.69) is 4.90 Å². The Hall–Kier alpha value is -0.510. The van der Waals surface area contributed by atoms with E-state index in [1.54, 1.807) is 0 Å². The molecular weight excluding hydrogens is 254 g/mol. The summed E-state index contributed by atoms with van der Waals surface area (Å²) in [6.45, 7) is 0.997. The second-order valence-electron chi connectivity index (χ2n) is 4.34. The summed E-state index contributed by atoms with van der Waals surface area (Å²) in [5.41, 5.74) is 1.01. The van der Waals surface area contributed by atoms with Crippen molar-refractivity contribution in [2.75, 3.05) is 25.1 Å². The highest BCUT2D eigenvalue weighted by Gasteiger charge is 2.25. The van der Waals surface area contributed by atoms with Gasteiger partial charge < -0.3 is 0 Å². The molecule has 1 fully saturated rings. The summed E-state index contributed by atoms with van der Waals surface area (Å²) in [6, 6.07) is 7.62. The molecule has 0 bridgehead atoms. The fourth-order valence-electron chi connectivity index (χ4n) is 1.99. The molecule has 1 saturated heterocycles. The van der Waals surface area contributed by atoms with Crippen molar-refractivity contribution in [3.05, 3.63) is 34.9 Å². The largest absolute Gasteiger partial charge is 0.298 e. The Morgan fingerprint density at radius 1 is 1.59 bits per heavy atom. The quantitative estimate of drug-likeness (QED) is 0.841. The third-order valence-electron chi connectivity index (χ3n) is 3.04. The minimum atomic E-state index is 0.0627. The van der Waals surface area contributed by atoms with Crippen molar-refractivity contribution in [3.63, 3.8) is 0 Å². The van der Waals surface area contributed by atoms with Crippen LogP contribution in [-0.2, 0) is 11.2 Å². The molecule has 0 aromatic heterocycles. The zero-order chi connectivity index (χ0) is 12.3. The maximum Gasteiger partial charge on any atom is 0.155 e. The molecule has 1 heterocycles. The second-order valence-corrected chi connectivity index (χ2v) is 5.93. The Morgan fingerprint density at radius 3 is 3.12 bits per heavy atom. The van der Waals surface area contributed by atoms with Gasteiger partial charge in [0, 0.05) is 29.5 Å². The van der Waals surface area contributed by atoms with Crippen molar-refractivity contribution < 1.29 is 4.79 Å². The molecule has 1 aliphatic rings. The van der Waals surface area contributed by atoms with E-state index >= 15 is 0 Å². The number of carbonyl (C=O) groups is 1. The van der Waals surface area contributed by atoms with Gasteiger partial charge in [-0.3, -0.25) is 9.69 Å². The van der Waals surface area contributed by atoms with E-state index in [4.69, 9.17) is 11.6 Å². The van der Waals surface area contributed by atoms with E-state index in [-0.39, 0.29) is 6.04 Å². The van der Waals surface area contributed by atoms with Crippen LogP contribution in [0.5, 0.6) is 0 Å². The van der Waals surface area contributed by atoms with Crippen LogP contribution < -0.4 is 0 Å². The molecule has 0 spiro atoms. The monoisotopic (exact) mass is 269 g/mol. The first-order valence-electron chi connectivity index (χ1n) is 5.72. The Morgan fingerprint density at radius 2 is 2.41 bits per heavy atom. The maximum absolute atomic E-state index is 12.2. The predicted octanol–water partition coefficient (Wildman–Crippen LogP) is 2.50. The highest BCUT2D eigenvalue weighted by atomic mass is 35.5. The number of hydrogen-bond acceptors (Lipinski definition) is 3. The van der Waals surface area contributed by atoms with Gasteiger partial charge in [0.25, 0.3) is 0 Å². The van der Waals surface area contributed by atoms with Crippen LogP contribution in [0, 0.1) is 0 Å². The molecule has 1 atom stereocenters. The lowest BCUT2D eigenvalue weighted by molar-refractivity contribution is -0.122. The van der Waals surface area contributed by atoms with Gasteiger partial charge in [0.15, 0.2) is 5.78 Å². The lowest BCUT2D eigenvalue weighted by Crippen LogP contribution is -2.45. The van der Waals surface area contributed by atoms with E-state index in [9.17, 15) is 4.79 Å². The van der Waals surface area contributed by atoms with Crippen LogP contribution in [0.1, 0.15) is 5.56 Å². The van der Waals surface area contributed by atoms with E-state index in [0.717, 1.165) is 23.6 Å². The number of likely N-dealkylation sites (N-methyl/N-ethyl adjacent to an activating group) is 1. The molecule has 1 aromatic rings. The second kappa shape index (κ2) is 5.89. The molecule has 0 radical (unpaired) electrons. The molecule has 0 saturated carbocycles. The first-order chi connectivity index (χ1) is 8.16. The fraction of sp³-hybridized carbons (Fsp3) is 0.462. The molecule has 0 N–H and O–H groups in total. The zero-order valence-corrected chi connectivity index (χ0v) is 11.4. The number of ketones is 1. The minimum Gasteiger partial charge on any atom is -0.298 e. The average molecular weight is 270 g/mol. The Balaban J connectivity index is 2.01. The lowest BCUT2D eigenvalue weighted by Gasteiger charge is -2.30. The van der Waals surface area contributed by atoms with E-state index in [0.29, 0.717) is 17.2 Å². The fourth-order valence-corrected chi connectivity index (χ4v) is 3.45. The van der Waals surface area contributed by atoms with Crippen molar-refractivity contribution in [3.8, 4) is 0 Å². The van der Waals surface area contributed by atoms with Crippen molar-refractivity contribution >= 4 is 29.1 Å². The summed E-state index contributed by atoms with van der Waals surface area (Å²) >= 11 is 7.78. The van der Waals surface area contributed by atoms with Crippen LogP contribution in [0.15, 0.2) is 24.3 Å². The van der Waals surface area contributed by atoms with Crippen molar-refractivity contribution in [1.82, 2.24) is 4.90 Å². The molecule has 4 heteroatoms. The Kier molecular flexibility index (Phi) is 4.48. The summed E-state index contributed by atoms with van der Waals surface area (Å²) in [7, 11) is 2.03. The molecule has 17 heavy (non-hydrogen) atoms. The van der Waals surface area contributed by atoms with Crippen LogP contribution in [0.25, 0.3) is 0 Å². The van der Waals surface area contributed by atoms with Gasteiger partial charge in [-0.2, -0.15) is 11.8 Å². The standard InChI is InChI=1S/C13H16ClNOS/c1-15-5-6-17-9-12(15)13(16)8-10-3-2-4-11(14)7-10/h2-4,7,12H,5-6,8-9H2,1H3. The van der Waals surface area contributed by atoms with Crippen LogP contribution in [0.4, 0.5) is 0 Å². The van der Waals surface area contributed by atoms with Gasteiger partial charge in [0.1, 0.15) is 0 Å². The third-order valence-corrected chi connectivity index (χ3v) is 4.29. The molecule has 2 rings (SSSR count). The molecular formula is C13H16ClNOS. The van der Waals surface area contributed by atoms with Crippen LogP contribution in [0.2, 0.25) is 5.02 Å². The number of Topliss-reactive ketones (excluding diaryl/α,β-unsaturated/α-hetero) is 1. The molecule has 1 aliphatic heterocycles. The average Bonchev–Trinajstić information content (AvgIpc) is 2.29. The molecule has 0 amide bonds. The van der Waals surface area contributed by atoms with Gasteiger partial charge in [-0.15, -0.1) is 0 Å². The molecule has 92 valence electrons. The van der Waals surface area contributed by atoms with Crippen molar-refractivity contribution in [2.24, 2.45) is 0 Å². The normalized spacial score (nSPS) is 21.4. The van der Waals surface area contributed by atoms with Gasteiger partial charge in [-0.05, 0) is 24.7 Å². The summed E-state index contributed by atoms with van der Waals surface area (Å²) < 4.78 is 0. The van der Waals surface area contributed by atoms with E-state index in [1.807, 2.05) is 43.1 Å². The summed E-state index contributed by atoms with van der Waals surface area (Å²) in [5.74, 6) is 2.33. The Bertz CT molecular complexity index is 410.